The smallest absolute Gasteiger partial charge is 0.191 e. The van der Waals surface area contributed by atoms with Crippen molar-refractivity contribution in [3.63, 3.8) is 0 Å². The van der Waals surface area contributed by atoms with E-state index in [1.807, 2.05) is 47.3 Å². The van der Waals surface area contributed by atoms with Crippen molar-refractivity contribution >= 4 is 5.96 Å². The predicted molar refractivity (Wildman–Crippen MR) is 108 cm³/mol. The molecule has 0 atom stereocenters. The molecule has 0 amide bonds. The normalized spacial score (nSPS) is 11.4. The Hall–Kier alpha value is -3.35. The lowest BCUT2D eigenvalue weighted by molar-refractivity contribution is 0.414. The first-order valence-electron chi connectivity index (χ1n) is 8.97. The quantitative estimate of drug-likeness (QED) is 0.508. The number of hydrogen-bond acceptors (Lipinski definition) is 3. The summed E-state index contributed by atoms with van der Waals surface area (Å²) >= 11 is 0. The second kappa shape index (κ2) is 9.03. The van der Waals surface area contributed by atoms with E-state index in [9.17, 15) is 4.39 Å². The molecule has 28 heavy (non-hydrogen) atoms. The molecule has 1 heterocycles. The zero-order valence-electron chi connectivity index (χ0n) is 16.2. The third-order valence-corrected chi connectivity index (χ3v) is 4.34. The van der Waals surface area contributed by atoms with Gasteiger partial charge in [0.25, 0.3) is 0 Å². The van der Waals surface area contributed by atoms with Gasteiger partial charge < -0.3 is 15.4 Å². The van der Waals surface area contributed by atoms with Crippen LogP contribution < -0.4 is 15.4 Å². The van der Waals surface area contributed by atoms with Gasteiger partial charge in [-0.2, -0.15) is 5.10 Å². The molecule has 0 fully saturated rings. The fourth-order valence-corrected chi connectivity index (χ4v) is 2.66. The molecule has 2 aromatic carbocycles. The number of ether oxygens (including phenoxy) is 1. The maximum Gasteiger partial charge on any atom is 0.191 e. The minimum absolute atomic E-state index is 0.202. The van der Waals surface area contributed by atoms with Crippen molar-refractivity contribution in [2.24, 2.45) is 4.99 Å². The van der Waals surface area contributed by atoms with E-state index in [-0.39, 0.29) is 5.82 Å². The van der Waals surface area contributed by atoms with Gasteiger partial charge in [-0.15, -0.1) is 0 Å². The van der Waals surface area contributed by atoms with Crippen molar-refractivity contribution in [3.05, 3.63) is 77.4 Å². The van der Waals surface area contributed by atoms with Crippen molar-refractivity contribution in [1.82, 2.24) is 20.4 Å². The molecule has 3 aromatic rings. The molecule has 2 N–H and O–H groups in total. The lowest BCUT2D eigenvalue weighted by Crippen LogP contribution is -2.36. The van der Waals surface area contributed by atoms with Crippen LogP contribution >= 0.6 is 0 Å². The van der Waals surface area contributed by atoms with Crippen LogP contribution in [0.2, 0.25) is 0 Å². The van der Waals surface area contributed by atoms with E-state index in [4.69, 9.17) is 4.74 Å². The van der Waals surface area contributed by atoms with Crippen LogP contribution in [-0.2, 0) is 13.1 Å². The SMILES string of the molecule is CN=C(NCc1ccc(C)c(F)c1)NCc1ccn(-c2ccc(OC)cc2)n1. The van der Waals surface area contributed by atoms with E-state index in [2.05, 4.69) is 20.7 Å². The second-order valence-corrected chi connectivity index (χ2v) is 6.31. The molecule has 0 saturated carbocycles. The Labute approximate surface area is 164 Å². The summed E-state index contributed by atoms with van der Waals surface area (Å²) in [6.45, 7) is 2.75. The largest absolute Gasteiger partial charge is 0.497 e. The standard InChI is InChI=1S/C21H24FN5O/c1-15-4-5-16(12-20(15)22)13-24-21(23-2)25-14-17-10-11-27(26-17)18-6-8-19(28-3)9-7-18/h4-12H,13-14H2,1-3H3,(H2,23,24,25). The Bertz CT molecular complexity index is 950. The number of guanidine groups is 1. The van der Waals surface area contributed by atoms with Crippen molar-refractivity contribution in [3.8, 4) is 11.4 Å². The summed E-state index contributed by atoms with van der Waals surface area (Å²) in [5, 5.41) is 11.0. The topological polar surface area (TPSA) is 63.5 Å². The summed E-state index contributed by atoms with van der Waals surface area (Å²) < 4.78 is 20.6. The van der Waals surface area contributed by atoms with Crippen LogP contribution in [0.3, 0.4) is 0 Å². The Morgan fingerprint density at radius 3 is 2.54 bits per heavy atom. The molecule has 0 aliphatic rings. The van der Waals surface area contributed by atoms with Crippen molar-refractivity contribution in [2.75, 3.05) is 14.2 Å². The van der Waals surface area contributed by atoms with Gasteiger partial charge in [0.1, 0.15) is 11.6 Å². The Morgan fingerprint density at radius 2 is 1.86 bits per heavy atom. The van der Waals surface area contributed by atoms with E-state index < -0.39 is 0 Å². The molecule has 6 nitrogen and oxygen atoms in total. The number of aromatic nitrogens is 2. The van der Waals surface area contributed by atoms with Gasteiger partial charge in [0.15, 0.2) is 5.96 Å². The zero-order chi connectivity index (χ0) is 19.9. The van der Waals surface area contributed by atoms with Crippen LogP contribution in [0.5, 0.6) is 5.75 Å². The number of methoxy groups -OCH3 is 1. The Balaban J connectivity index is 1.55. The maximum atomic E-state index is 13.6. The van der Waals surface area contributed by atoms with Crippen molar-refractivity contribution in [1.29, 1.82) is 0 Å². The molecule has 0 aliphatic carbocycles. The summed E-state index contributed by atoms with van der Waals surface area (Å²) in [6.07, 6.45) is 1.91. The molecule has 7 heteroatoms. The number of benzene rings is 2. The molecule has 0 radical (unpaired) electrons. The van der Waals surface area contributed by atoms with E-state index >= 15 is 0 Å². The highest BCUT2D eigenvalue weighted by Gasteiger charge is 2.05. The van der Waals surface area contributed by atoms with Crippen molar-refractivity contribution < 1.29 is 9.13 Å². The van der Waals surface area contributed by atoms with E-state index in [1.165, 1.54) is 6.07 Å². The summed E-state index contributed by atoms with van der Waals surface area (Å²) in [4.78, 5) is 4.19. The van der Waals surface area contributed by atoms with Crippen LogP contribution in [0.25, 0.3) is 5.69 Å². The van der Waals surface area contributed by atoms with E-state index in [1.54, 1.807) is 27.1 Å². The molecule has 146 valence electrons. The molecule has 3 rings (SSSR count). The lowest BCUT2D eigenvalue weighted by Gasteiger charge is -2.11. The van der Waals surface area contributed by atoms with Crippen LogP contribution in [0.1, 0.15) is 16.8 Å². The molecular weight excluding hydrogens is 357 g/mol. The summed E-state index contributed by atoms with van der Waals surface area (Å²) in [5.41, 5.74) is 3.32. The van der Waals surface area contributed by atoms with Gasteiger partial charge in [-0.1, -0.05) is 12.1 Å². The van der Waals surface area contributed by atoms with Crippen LogP contribution in [0.15, 0.2) is 59.7 Å². The summed E-state index contributed by atoms with van der Waals surface area (Å²) in [7, 11) is 3.34. The number of halogens is 1. The Morgan fingerprint density at radius 1 is 1.11 bits per heavy atom. The summed E-state index contributed by atoms with van der Waals surface area (Å²) in [5.74, 6) is 1.23. The van der Waals surface area contributed by atoms with Gasteiger partial charge in [0.05, 0.1) is 25.0 Å². The fraction of sp³-hybridized carbons (Fsp3) is 0.238. The Kier molecular flexibility index (Phi) is 6.26. The molecule has 0 bridgehead atoms. The number of aliphatic imine (C=N–C) groups is 1. The summed E-state index contributed by atoms with van der Waals surface area (Å²) in [6, 6.07) is 14.8. The van der Waals surface area contributed by atoms with Gasteiger partial charge in [-0.05, 0) is 54.4 Å². The first-order chi connectivity index (χ1) is 13.6. The fourth-order valence-electron chi connectivity index (χ4n) is 2.66. The first kappa shape index (κ1) is 19.4. The van der Waals surface area contributed by atoms with Crippen LogP contribution in [0.4, 0.5) is 4.39 Å². The number of nitrogens with zero attached hydrogens (tertiary/aromatic N) is 3. The molecule has 0 saturated heterocycles. The highest BCUT2D eigenvalue weighted by molar-refractivity contribution is 5.79. The first-order valence-corrected chi connectivity index (χ1v) is 8.97. The van der Waals surface area contributed by atoms with Gasteiger partial charge in [0.2, 0.25) is 0 Å². The molecule has 1 aromatic heterocycles. The van der Waals surface area contributed by atoms with E-state index in [0.717, 1.165) is 22.7 Å². The predicted octanol–water partition coefficient (Wildman–Crippen LogP) is 3.19. The molecular formula is C21H24FN5O. The third kappa shape index (κ3) is 4.88. The highest BCUT2D eigenvalue weighted by atomic mass is 19.1. The monoisotopic (exact) mass is 381 g/mol. The zero-order valence-corrected chi connectivity index (χ0v) is 16.2. The van der Waals surface area contributed by atoms with Crippen molar-refractivity contribution in [2.45, 2.75) is 20.0 Å². The van der Waals surface area contributed by atoms with Crippen LogP contribution in [-0.4, -0.2) is 29.9 Å². The van der Waals surface area contributed by atoms with Gasteiger partial charge in [-0.25, -0.2) is 9.07 Å². The number of aryl methyl sites for hydroxylation is 1. The lowest BCUT2D eigenvalue weighted by atomic mass is 10.1. The van der Waals surface area contributed by atoms with E-state index in [0.29, 0.717) is 24.6 Å². The number of nitrogens with one attached hydrogen (secondary N) is 2. The molecule has 0 spiro atoms. The highest BCUT2D eigenvalue weighted by Crippen LogP contribution is 2.14. The minimum Gasteiger partial charge on any atom is -0.497 e. The van der Waals surface area contributed by atoms with Gasteiger partial charge in [-0.3, -0.25) is 4.99 Å². The average Bonchev–Trinajstić information content (AvgIpc) is 3.20. The number of hydrogen-bond donors (Lipinski definition) is 2. The van der Waals surface area contributed by atoms with Gasteiger partial charge >= 0.3 is 0 Å². The molecule has 0 unspecified atom stereocenters. The minimum atomic E-state index is -0.202. The van der Waals surface area contributed by atoms with Crippen LogP contribution in [0, 0.1) is 12.7 Å². The van der Waals surface area contributed by atoms with Gasteiger partial charge in [0, 0.05) is 19.8 Å². The number of rotatable bonds is 6. The molecule has 0 aliphatic heterocycles. The average molecular weight is 381 g/mol. The second-order valence-electron chi connectivity index (χ2n) is 6.31. The third-order valence-electron chi connectivity index (χ3n) is 4.34. The maximum absolute atomic E-state index is 13.6.